The van der Waals surface area contributed by atoms with Crippen molar-refractivity contribution in [2.45, 2.75) is 32.2 Å². The smallest absolute Gasteiger partial charge is 0.272 e. The number of aryl methyl sites for hydroxylation is 2. The lowest BCUT2D eigenvalue weighted by molar-refractivity contribution is 0.0699. The summed E-state index contributed by atoms with van der Waals surface area (Å²) < 4.78 is 5.77. The van der Waals surface area contributed by atoms with E-state index in [-0.39, 0.29) is 5.91 Å². The van der Waals surface area contributed by atoms with E-state index < -0.39 is 0 Å². The summed E-state index contributed by atoms with van der Waals surface area (Å²) in [5.74, 6) is 3.23. The summed E-state index contributed by atoms with van der Waals surface area (Å²) in [6.07, 6.45) is 7.18. The monoisotopic (exact) mass is 368 g/mol. The fraction of sp³-hybridized carbons (Fsp3) is 0.500. The zero-order chi connectivity index (χ0) is 19.0. The van der Waals surface area contributed by atoms with E-state index in [2.05, 4.69) is 29.4 Å². The van der Waals surface area contributed by atoms with Crippen LogP contribution in [0.15, 0.2) is 24.7 Å². The van der Waals surface area contributed by atoms with Crippen molar-refractivity contribution in [3.63, 3.8) is 0 Å². The molecule has 3 aromatic rings. The molecule has 1 fully saturated rings. The molecule has 0 bridgehead atoms. The Morgan fingerprint density at radius 2 is 1.96 bits per heavy atom. The van der Waals surface area contributed by atoms with Gasteiger partial charge in [-0.15, -0.1) is 10.2 Å². The van der Waals surface area contributed by atoms with Crippen molar-refractivity contribution >= 4 is 5.91 Å². The number of carbonyl (C=O) groups is 1. The first-order chi connectivity index (χ1) is 13.0. The molecule has 1 amide bonds. The summed E-state index contributed by atoms with van der Waals surface area (Å²) in [6, 6.07) is 1.77. The number of imidazole rings is 1. The van der Waals surface area contributed by atoms with E-state index in [9.17, 15) is 4.79 Å². The highest BCUT2D eigenvalue weighted by molar-refractivity contribution is 5.92. The molecule has 4 rings (SSSR count). The molecule has 0 saturated carbocycles. The number of hydrogen-bond donors (Lipinski definition) is 0. The maximum absolute atomic E-state index is 12.6. The summed E-state index contributed by atoms with van der Waals surface area (Å²) in [7, 11) is 3.81. The van der Waals surface area contributed by atoms with Crippen LogP contribution < -0.4 is 0 Å². The van der Waals surface area contributed by atoms with Crippen LogP contribution in [-0.4, -0.2) is 58.0 Å². The number of aromatic nitrogens is 7. The number of carbonyl (C=O) groups excluding carboxylic acids is 1. The Bertz CT molecular complexity index is 944. The average molecular weight is 368 g/mol. The lowest BCUT2D eigenvalue weighted by atomic mass is 9.95. The van der Waals surface area contributed by atoms with Crippen LogP contribution in [0.1, 0.15) is 46.7 Å². The molecule has 0 radical (unpaired) electrons. The lowest BCUT2D eigenvalue weighted by Crippen LogP contribution is -2.39. The van der Waals surface area contributed by atoms with Crippen LogP contribution >= 0.6 is 0 Å². The van der Waals surface area contributed by atoms with Crippen molar-refractivity contribution in [1.29, 1.82) is 0 Å². The van der Waals surface area contributed by atoms with E-state index >= 15 is 0 Å². The highest BCUT2D eigenvalue weighted by Crippen LogP contribution is 2.27. The number of amides is 1. The second-order valence-corrected chi connectivity index (χ2v) is 7.04. The molecular formula is C18H24N8O. The Balaban J connectivity index is 1.42. The third-order valence-electron chi connectivity index (χ3n) is 5.42. The first-order valence-corrected chi connectivity index (χ1v) is 9.17. The number of piperidine rings is 1. The number of nitrogens with zero attached hydrogens (tertiary/aromatic N) is 8. The zero-order valence-corrected chi connectivity index (χ0v) is 15.9. The van der Waals surface area contributed by atoms with Gasteiger partial charge in [-0.05, 0) is 25.8 Å². The van der Waals surface area contributed by atoms with Crippen LogP contribution in [0.3, 0.4) is 0 Å². The quantitative estimate of drug-likeness (QED) is 0.689. The highest BCUT2D eigenvalue weighted by atomic mass is 16.2. The molecule has 0 unspecified atom stereocenters. The minimum atomic E-state index is 0.0442. The normalized spacial score (nSPS) is 15.4. The third kappa shape index (κ3) is 3.24. The van der Waals surface area contributed by atoms with Gasteiger partial charge >= 0.3 is 0 Å². The first kappa shape index (κ1) is 17.4. The molecule has 0 N–H and O–H groups in total. The first-order valence-electron chi connectivity index (χ1n) is 9.17. The van der Waals surface area contributed by atoms with Crippen molar-refractivity contribution in [3.05, 3.63) is 47.8 Å². The second kappa shape index (κ2) is 6.98. The van der Waals surface area contributed by atoms with Gasteiger partial charge in [-0.25, -0.2) is 4.98 Å². The lowest BCUT2D eigenvalue weighted by Gasteiger charge is -2.31. The minimum absolute atomic E-state index is 0.0442. The summed E-state index contributed by atoms with van der Waals surface area (Å²) in [4.78, 5) is 18.8. The van der Waals surface area contributed by atoms with Crippen LogP contribution in [0.2, 0.25) is 0 Å². The van der Waals surface area contributed by atoms with Crippen LogP contribution in [0.5, 0.6) is 0 Å². The molecule has 4 heterocycles. The molecular weight excluding hydrogens is 344 g/mol. The van der Waals surface area contributed by atoms with Gasteiger partial charge in [0.05, 0.1) is 6.54 Å². The van der Waals surface area contributed by atoms with Gasteiger partial charge in [-0.3, -0.25) is 9.48 Å². The summed E-state index contributed by atoms with van der Waals surface area (Å²) >= 11 is 0. The minimum Gasteiger partial charge on any atom is -0.337 e. The second-order valence-electron chi connectivity index (χ2n) is 7.04. The molecule has 1 saturated heterocycles. The summed E-state index contributed by atoms with van der Waals surface area (Å²) in [5, 5.41) is 12.9. The van der Waals surface area contributed by atoms with Crippen molar-refractivity contribution in [3.8, 4) is 0 Å². The summed E-state index contributed by atoms with van der Waals surface area (Å²) in [6.45, 7) is 4.08. The van der Waals surface area contributed by atoms with Crippen LogP contribution in [0.4, 0.5) is 0 Å². The van der Waals surface area contributed by atoms with Crippen molar-refractivity contribution in [2.24, 2.45) is 14.1 Å². The topological polar surface area (TPSA) is 86.7 Å². The number of likely N-dealkylation sites (tertiary alicyclic amines) is 1. The standard InChI is InChI=1S/C18H24N8O/c1-13-19-8-11-26(13)12-16-21-22-17(23(16)2)14-5-9-25(10-6-14)18(27)15-4-7-20-24(15)3/h4,7-8,11,14H,5-6,9-10,12H2,1-3H3. The molecule has 0 spiro atoms. The molecule has 0 aliphatic carbocycles. The zero-order valence-electron chi connectivity index (χ0n) is 15.9. The number of hydrogen-bond acceptors (Lipinski definition) is 5. The molecule has 1 aliphatic heterocycles. The SMILES string of the molecule is Cc1nccn1Cc1nnc(C2CCN(C(=O)c3ccnn3C)CC2)n1C. The van der Waals surface area contributed by atoms with Gasteiger partial charge in [0.25, 0.3) is 5.91 Å². The predicted molar refractivity (Wildman–Crippen MR) is 98.2 cm³/mol. The largest absolute Gasteiger partial charge is 0.337 e. The van der Waals surface area contributed by atoms with E-state index in [1.54, 1.807) is 30.2 Å². The Hall–Kier alpha value is -2.97. The fourth-order valence-electron chi connectivity index (χ4n) is 3.68. The highest BCUT2D eigenvalue weighted by Gasteiger charge is 2.28. The van der Waals surface area contributed by atoms with E-state index in [0.717, 1.165) is 43.4 Å². The predicted octanol–water partition coefficient (Wildman–Crippen LogP) is 1.12. The van der Waals surface area contributed by atoms with Crippen LogP contribution in [0, 0.1) is 6.92 Å². The Labute approximate surface area is 157 Å². The Kier molecular flexibility index (Phi) is 4.51. The maximum Gasteiger partial charge on any atom is 0.272 e. The van der Waals surface area contributed by atoms with E-state index in [4.69, 9.17) is 0 Å². The molecule has 9 nitrogen and oxygen atoms in total. The van der Waals surface area contributed by atoms with Crippen molar-refractivity contribution in [1.82, 2.24) is 39.0 Å². The molecule has 9 heteroatoms. The van der Waals surface area contributed by atoms with Crippen molar-refractivity contribution < 1.29 is 4.79 Å². The van der Waals surface area contributed by atoms with Crippen LogP contribution in [0.25, 0.3) is 0 Å². The van der Waals surface area contributed by atoms with E-state index in [1.165, 1.54) is 0 Å². The molecule has 27 heavy (non-hydrogen) atoms. The maximum atomic E-state index is 12.6. The third-order valence-corrected chi connectivity index (χ3v) is 5.42. The van der Waals surface area contributed by atoms with Gasteiger partial charge in [0.1, 0.15) is 17.3 Å². The summed E-state index contributed by atoms with van der Waals surface area (Å²) in [5.41, 5.74) is 0.630. The van der Waals surface area contributed by atoms with Crippen LogP contribution in [-0.2, 0) is 20.6 Å². The molecule has 0 aromatic carbocycles. The van der Waals surface area contributed by atoms with E-state index in [1.807, 2.05) is 25.1 Å². The van der Waals surface area contributed by atoms with Gasteiger partial charge < -0.3 is 14.0 Å². The molecule has 3 aromatic heterocycles. The molecule has 1 aliphatic rings. The molecule has 142 valence electrons. The molecule has 0 atom stereocenters. The Morgan fingerprint density at radius 1 is 1.19 bits per heavy atom. The number of rotatable bonds is 4. The van der Waals surface area contributed by atoms with Gasteiger partial charge in [-0.1, -0.05) is 0 Å². The van der Waals surface area contributed by atoms with Crippen molar-refractivity contribution in [2.75, 3.05) is 13.1 Å². The van der Waals surface area contributed by atoms with Gasteiger partial charge in [0, 0.05) is 51.7 Å². The van der Waals surface area contributed by atoms with Gasteiger partial charge in [0.2, 0.25) is 0 Å². The van der Waals surface area contributed by atoms with E-state index in [0.29, 0.717) is 18.2 Å². The van der Waals surface area contributed by atoms with Gasteiger partial charge in [-0.2, -0.15) is 5.10 Å². The Morgan fingerprint density at radius 3 is 2.59 bits per heavy atom. The average Bonchev–Trinajstić information content (AvgIpc) is 3.37. The fourth-order valence-corrected chi connectivity index (χ4v) is 3.68. The van der Waals surface area contributed by atoms with Gasteiger partial charge in [0.15, 0.2) is 5.82 Å².